The third-order valence-electron chi connectivity index (χ3n) is 4.54. The lowest BCUT2D eigenvalue weighted by atomic mass is 10.1. The Morgan fingerprint density at radius 2 is 1.63 bits per heavy atom. The van der Waals surface area contributed by atoms with E-state index in [-0.39, 0.29) is 12.3 Å². The van der Waals surface area contributed by atoms with Gasteiger partial charge < -0.3 is 14.8 Å². The van der Waals surface area contributed by atoms with Gasteiger partial charge in [-0.25, -0.2) is 4.98 Å². The van der Waals surface area contributed by atoms with E-state index < -0.39 is 0 Å². The van der Waals surface area contributed by atoms with Crippen LogP contribution >= 0.6 is 11.3 Å². The topological polar surface area (TPSA) is 64.9 Å². The lowest BCUT2D eigenvalue weighted by Gasteiger charge is -2.07. The fraction of sp³-hybridized carbons (Fsp3) is 0.217. The molecule has 1 N–H and O–H groups in total. The van der Waals surface area contributed by atoms with Crippen molar-refractivity contribution in [2.45, 2.75) is 20.3 Å². The zero-order chi connectivity index (χ0) is 20.9. The van der Waals surface area contributed by atoms with Crippen LogP contribution in [0.3, 0.4) is 0 Å². The molecule has 30 heavy (non-hydrogen) atoms. The number of thiazole rings is 1. The number of nitrogens with one attached hydrogen (secondary N) is 1. The number of carbonyl (C=O) groups excluding carboxylic acids is 1. The minimum atomic E-state index is -0.0739. The summed E-state index contributed by atoms with van der Waals surface area (Å²) >= 11 is 1.53. The summed E-state index contributed by atoms with van der Waals surface area (Å²) in [5.41, 5.74) is 3.54. The first kappa shape index (κ1) is 20.0. The molecule has 6 nitrogen and oxygen atoms in total. The van der Waals surface area contributed by atoms with Gasteiger partial charge in [0.05, 0.1) is 25.3 Å². The molecule has 0 saturated carbocycles. The minimum absolute atomic E-state index is 0.0739. The SMILES string of the molecule is CCOc1ccc(NC(=O)Cc2csc3nc(-c4ccc(OCC)cc4)cn23)cc1. The Morgan fingerprint density at radius 3 is 2.27 bits per heavy atom. The summed E-state index contributed by atoms with van der Waals surface area (Å²) in [5, 5.41) is 4.91. The number of imidazole rings is 1. The second-order valence-corrected chi connectivity index (χ2v) is 7.48. The van der Waals surface area contributed by atoms with E-state index in [9.17, 15) is 4.79 Å². The Kier molecular flexibility index (Phi) is 5.99. The maximum atomic E-state index is 12.5. The van der Waals surface area contributed by atoms with Gasteiger partial charge in [0.15, 0.2) is 4.96 Å². The molecule has 0 unspecified atom stereocenters. The van der Waals surface area contributed by atoms with E-state index in [0.717, 1.165) is 39.1 Å². The second-order valence-electron chi connectivity index (χ2n) is 6.65. The van der Waals surface area contributed by atoms with Gasteiger partial charge in [0, 0.05) is 28.5 Å². The Labute approximate surface area is 179 Å². The van der Waals surface area contributed by atoms with Crippen molar-refractivity contribution in [3.8, 4) is 22.8 Å². The van der Waals surface area contributed by atoms with Crippen molar-refractivity contribution in [1.29, 1.82) is 0 Å². The number of carbonyl (C=O) groups is 1. The van der Waals surface area contributed by atoms with Crippen LogP contribution in [0.15, 0.2) is 60.1 Å². The molecular weight excluding hydrogens is 398 g/mol. The molecule has 2 heterocycles. The first-order valence-corrected chi connectivity index (χ1v) is 10.8. The maximum Gasteiger partial charge on any atom is 0.230 e. The maximum absolute atomic E-state index is 12.5. The first-order chi connectivity index (χ1) is 14.7. The number of rotatable bonds is 8. The van der Waals surface area contributed by atoms with Gasteiger partial charge in [0.25, 0.3) is 0 Å². The molecule has 0 radical (unpaired) electrons. The minimum Gasteiger partial charge on any atom is -0.494 e. The molecule has 0 aliphatic carbocycles. The van der Waals surface area contributed by atoms with E-state index in [4.69, 9.17) is 14.5 Å². The Hall–Kier alpha value is -3.32. The van der Waals surface area contributed by atoms with Crippen LogP contribution in [-0.2, 0) is 11.2 Å². The molecule has 2 aromatic carbocycles. The monoisotopic (exact) mass is 421 g/mol. The number of nitrogens with zero attached hydrogens (tertiary/aromatic N) is 2. The van der Waals surface area contributed by atoms with Crippen molar-refractivity contribution in [3.05, 3.63) is 65.8 Å². The molecule has 154 valence electrons. The van der Waals surface area contributed by atoms with Gasteiger partial charge >= 0.3 is 0 Å². The van der Waals surface area contributed by atoms with Gasteiger partial charge in [-0.2, -0.15) is 0 Å². The molecular formula is C23H23N3O3S. The van der Waals surface area contributed by atoms with Crippen molar-refractivity contribution < 1.29 is 14.3 Å². The normalized spacial score (nSPS) is 10.9. The Balaban J connectivity index is 1.46. The molecule has 0 bridgehead atoms. The van der Waals surface area contributed by atoms with Crippen LogP contribution < -0.4 is 14.8 Å². The molecule has 0 aliphatic heterocycles. The number of ether oxygens (including phenoxy) is 2. The second kappa shape index (κ2) is 9.00. The molecule has 0 aliphatic rings. The van der Waals surface area contributed by atoms with E-state index >= 15 is 0 Å². The molecule has 7 heteroatoms. The average molecular weight is 422 g/mol. The smallest absolute Gasteiger partial charge is 0.230 e. The number of fused-ring (bicyclic) bond motifs is 1. The molecule has 4 rings (SSSR count). The highest BCUT2D eigenvalue weighted by molar-refractivity contribution is 7.15. The Morgan fingerprint density at radius 1 is 1.00 bits per heavy atom. The van der Waals surface area contributed by atoms with Crippen molar-refractivity contribution in [1.82, 2.24) is 9.38 Å². The van der Waals surface area contributed by atoms with E-state index in [1.54, 1.807) is 0 Å². The quantitative estimate of drug-likeness (QED) is 0.433. The summed E-state index contributed by atoms with van der Waals surface area (Å²) in [5.74, 6) is 1.55. The summed E-state index contributed by atoms with van der Waals surface area (Å²) in [7, 11) is 0. The zero-order valence-electron chi connectivity index (χ0n) is 16.9. The van der Waals surface area contributed by atoms with Gasteiger partial charge in [-0.05, 0) is 62.4 Å². The van der Waals surface area contributed by atoms with Crippen LogP contribution in [0.25, 0.3) is 16.2 Å². The third kappa shape index (κ3) is 4.46. The van der Waals surface area contributed by atoms with Crippen LogP contribution in [0, 0.1) is 0 Å². The van der Waals surface area contributed by atoms with E-state index in [1.165, 1.54) is 11.3 Å². The number of amides is 1. The Bertz CT molecular complexity index is 1130. The van der Waals surface area contributed by atoms with Gasteiger partial charge in [-0.15, -0.1) is 11.3 Å². The van der Waals surface area contributed by atoms with Crippen LogP contribution in [0.1, 0.15) is 19.5 Å². The number of benzene rings is 2. The van der Waals surface area contributed by atoms with Crippen LogP contribution in [0.2, 0.25) is 0 Å². The molecule has 0 fully saturated rings. The molecule has 0 atom stereocenters. The number of hydrogen-bond acceptors (Lipinski definition) is 5. The summed E-state index contributed by atoms with van der Waals surface area (Å²) in [4.78, 5) is 18.1. The third-order valence-corrected chi connectivity index (χ3v) is 5.42. The van der Waals surface area contributed by atoms with Crippen molar-refractivity contribution >= 4 is 27.9 Å². The average Bonchev–Trinajstić information content (AvgIpc) is 3.33. The highest BCUT2D eigenvalue weighted by Gasteiger charge is 2.13. The van der Waals surface area contributed by atoms with Gasteiger partial charge in [0.1, 0.15) is 11.5 Å². The summed E-state index contributed by atoms with van der Waals surface area (Å²) in [6.07, 6.45) is 2.24. The lowest BCUT2D eigenvalue weighted by molar-refractivity contribution is -0.115. The largest absolute Gasteiger partial charge is 0.494 e. The predicted octanol–water partition coefficient (Wildman–Crippen LogP) is 5.04. The lowest BCUT2D eigenvalue weighted by Crippen LogP contribution is -2.15. The summed E-state index contributed by atoms with van der Waals surface area (Å²) < 4.78 is 12.9. The summed E-state index contributed by atoms with van der Waals surface area (Å²) in [6.45, 7) is 5.16. The van der Waals surface area contributed by atoms with E-state index in [1.807, 2.05) is 78.4 Å². The van der Waals surface area contributed by atoms with Gasteiger partial charge in [-0.3, -0.25) is 9.20 Å². The number of hydrogen-bond donors (Lipinski definition) is 1. The molecule has 0 saturated heterocycles. The zero-order valence-corrected chi connectivity index (χ0v) is 17.7. The van der Waals surface area contributed by atoms with E-state index in [0.29, 0.717) is 13.2 Å². The summed E-state index contributed by atoms with van der Waals surface area (Å²) in [6, 6.07) is 15.3. The molecule has 0 spiro atoms. The standard InChI is InChI=1S/C23H23N3O3S/c1-3-28-19-9-5-16(6-10-19)21-14-26-18(15-30-23(26)25-21)13-22(27)24-17-7-11-20(12-8-17)29-4-2/h5-12,14-15H,3-4,13H2,1-2H3,(H,24,27). The van der Waals surface area contributed by atoms with E-state index in [2.05, 4.69) is 5.32 Å². The fourth-order valence-corrected chi connectivity index (χ4v) is 4.03. The first-order valence-electron chi connectivity index (χ1n) is 9.87. The van der Waals surface area contributed by atoms with Crippen molar-refractivity contribution in [3.63, 3.8) is 0 Å². The number of aromatic nitrogens is 2. The van der Waals surface area contributed by atoms with Crippen molar-refractivity contribution in [2.75, 3.05) is 18.5 Å². The number of anilines is 1. The predicted molar refractivity (Wildman–Crippen MR) is 120 cm³/mol. The molecule has 2 aromatic heterocycles. The molecule has 1 amide bonds. The van der Waals surface area contributed by atoms with Crippen LogP contribution in [0.5, 0.6) is 11.5 Å². The van der Waals surface area contributed by atoms with Gasteiger partial charge in [0.2, 0.25) is 5.91 Å². The van der Waals surface area contributed by atoms with Crippen LogP contribution in [0.4, 0.5) is 5.69 Å². The van der Waals surface area contributed by atoms with Crippen molar-refractivity contribution in [2.24, 2.45) is 0 Å². The fourth-order valence-electron chi connectivity index (χ4n) is 3.16. The van der Waals surface area contributed by atoms with Gasteiger partial charge in [-0.1, -0.05) is 0 Å². The molecule has 4 aromatic rings. The van der Waals surface area contributed by atoms with Crippen LogP contribution in [-0.4, -0.2) is 28.5 Å². The highest BCUT2D eigenvalue weighted by atomic mass is 32.1. The highest BCUT2D eigenvalue weighted by Crippen LogP contribution is 2.26.